The average Bonchev–Trinajstić information content (AvgIpc) is 3.91. The standard InChI is InChI=1S/C61H75N5O7/c1-4-33-30-66-56(62)29-46(33)45(36-11-10-34-8-6-7-9-35(34)20-36)28-51(69)50(68)22-38-14-17-61(54(71)13-12-37-23-53(73-3)52(70)27-43(37)38)18-15-39(24-55(61)72)44-21-40-31-65-49-26-41(67)25-47-42-16-19-64-60(42)59(57(40)58(47)49)48(44)32-63-5-2/h6-11,16,19-20,23,27,29,38-40,44-45,47-51,55,57-59,63-66,68-70,72H,4-5,12-13,15,18,21-22,24-26,28,30-32,62H2,1-3H3. The average molecular weight is 990 g/mol. The van der Waals surface area contributed by atoms with Crippen molar-refractivity contribution in [3.63, 3.8) is 0 Å². The van der Waals surface area contributed by atoms with Gasteiger partial charge in [0.15, 0.2) is 17.3 Å². The molecule has 1 aromatic heterocycles. The highest BCUT2D eigenvalue weighted by Gasteiger charge is 2.60. The van der Waals surface area contributed by atoms with Crippen molar-refractivity contribution in [1.29, 1.82) is 0 Å². The molecule has 1 saturated heterocycles. The fraction of sp³-hybridized carbons (Fsp3) is 0.541. The Labute approximate surface area is 430 Å². The van der Waals surface area contributed by atoms with Crippen LogP contribution in [0.5, 0.6) is 11.5 Å². The Balaban J connectivity index is 0.894. The lowest BCUT2D eigenvalue weighted by atomic mass is 9.46. The number of phenolic OH excluding ortho intramolecular Hbond substituents is 1. The number of nitrogens with two attached hydrogens (primary N) is 1. The summed E-state index contributed by atoms with van der Waals surface area (Å²) < 4.78 is 5.57. The van der Waals surface area contributed by atoms with Gasteiger partial charge in [0, 0.05) is 61.5 Å². The summed E-state index contributed by atoms with van der Waals surface area (Å²) in [4.78, 5) is 31.7. The number of aromatic hydroxyl groups is 1. The van der Waals surface area contributed by atoms with Gasteiger partial charge in [0.05, 0.1) is 31.2 Å². The first kappa shape index (κ1) is 49.8. The summed E-state index contributed by atoms with van der Waals surface area (Å²) in [5.41, 5.74) is 12.4. The third kappa shape index (κ3) is 9.01. The number of ketones is 2. The highest BCUT2D eigenvalue weighted by Crippen LogP contribution is 2.63. The van der Waals surface area contributed by atoms with Gasteiger partial charge in [-0.15, -0.1) is 0 Å². The number of aliphatic hydroxyl groups is 3. The Hall–Kier alpha value is -5.42. The number of rotatable bonds is 13. The molecule has 15 unspecified atom stereocenters. The van der Waals surface area contributed by atoms with E-state index in [4.69, 9.17) is 10.5 Å². The Bertz CT molecular complexity index is 2880. The number of aromatic nitrogens is 1. The highest BCUT2D eigenvalue weighted by molar-refractivity contribution is 5.89. The SMILES string of the molecule is CCNCC1C(C2CCC3(C#CC(CC(O)C(O)CC(C4=C(CC)CNC(N)=C4)c4ccc5ccccc5c4)c4cc(O)c(OC)cc4CCC3=O)C(O)C2)CC2CNC3CC(=O)CC4c5cc[nH]c5C1C2C34. The van der Waals surface area contributed by atoms with Crippen LogP contribution in [0, 0.1) is 52.8 Å². The van der Waals surface area contributed by atoms with Crippen LogP contribution < -0.4 is 26.4 Å². The molecule has 4 aromatic rings. The van der Waals surface area contributed by atoms with E-state index in [1.165, 1.54) is 23.9 Å². The van der Waals surface area contributed by atoms with E-state index in [0.29, 0.717) is 91.3 Å². The predicted molar refractivity (Wildman–Crippen MR) is 283 cm³/mol. The zero-order chi connectivity index (χ0) is 50.7. The molecule has 7 aliphatic rings. The first-order valence-corrected chi connectivity index (χ1v) is 27.4. The fourth-order valence-electron chi connectivity index (χ4n) is 15.7. The smallest absolute Gasteiger partial charge is 0.160 e. The van der Waals surface area contributed by atoms with Gasteiger partial charge >= 0.3 is 0 Å². The Kier molecular flexibility index (Phi) is 13.9. The van der Waals surface area contributed by atoms with E-state index in [-0.39, 0.29) is 60.3 Å². The summed E-state index contributed by atoms with van der Waals surface area (Å²) in [7, 11) is 1.50. The minimum absolute atomic E-state index is 0.0311. The van der Waals surface area contributed by atoms with Crippen LogP contribution in [0.25, 0.3) is 10.8 Å². The fourth-order valence-corrected chi connectivity index (χ4v) is 15.7. The van der Waals surface area contributed by atoms with Gasteiger partial charge < -0.3 is 51.8 Å². The number of hydrogen-bond acceptors (Lipinski definition) is 11. The van der Waals surface area contributed by atoms with Gasteiger partial charge in [-0.3, -0.25) is 9.59 Å². The maximum Gasteiger partial charge on any atom is 0.160 e. The lowest BCUT2D eigenvalue weighted by Crippen LogP contribution is -2.63. The Morgan fingerprint density at radius 3 is 2.59 bits per heavy atom. The van der Waals surface area contributed by atoms with Crippen molar-refractivity contribution >= 4 is 22.3 Å². The van der Waals surface area contributed by atoms with E-state index in [2.05, 4.69) is 89.2 Å². The van der Waals surface area contributed by atoms with Gasteiger partial charge in [-0.05, 0) is 181 Å². The molecule has 11 rings (SSSR count). The second-order valence-corrected chi connectivity index (χ2v) is 22.8. The second kappa shape index (κ2) is 20.4. The molecule has 73 heavy (non-hydrogen) atoms. The molecule has 0 bridgehead atoms. The van der Waals surface area contributed by atoms with Crippen molar-refractivity contribution in [3.05, 3.63) is 118 Å². The predicted octanol–water partition coefficient (Wildman–Crippen LogP) is 7.34. The number of allylic oxidation sites excluding steroid dienone is 2. The van der Waals surface area contributed by atoms with Crippen LogP contribution in [0.2, 0.25) is 0 Å². The molecule has 5 aliphatic carbocycles. The first-order chi connectivity index (χ1) is 35.4. The van der Waals surface area contributed by atoms with E-state index >= 15 is 0 Å². The number of carbonyl (C=O) groups excluding carboxylic acids is 2. The summed E-state index contributed by atoms with van der Waals surface area (Å²) >= 11 is 0. The molecule has 0 radical (unpaired) electrons. The van der Waals surface area contributed by atoms with E-state index in [0.717, 1.165) is 66.4 Å². The number of piperidine rings is 1. The second-order valence-electron chi connectivity index (χ2n) is 22.8. The van der Waals surface area contributed by atoms with Crippen LogP contribution in [0.15, 0.2) is 89.9 Å². The van der Waals surface area contributed by atoms with Crippen LogP contribution in [-0.2, 0) is 16.0 Å². The number of nitrogens with one attached hydrogen (secondary N) is 4. The molecule has 0 amide bonds. The molecule has 386 valence electrons. The summed E-state index contributed by atoms with van der Waals surface area (Å²) in [6.45, 7) is 7.49. The van der Waals surface area contributed by atoms with Gasteiger partial charge in [-0.1, -0.05) is 68.2 Å². The number of aryl methyl sites for hydroxylation is 1. The van der Waals surface area contributed by atoms with E-state index in [1.807, 2.05) is 18.2 Å². The van der Waals surface area contributed by atoms with E-state index in [1.54, 1.807) is 12.1 Å². The normalized spacial score (nSPS) is 32.8. The van der Waals surface area contributed by atoms with Gasteiger partial charge in [0.1, 0.15) is 11.2 Å². The maximum atomic E-state index is 14.9. The summed E-state index contributed by atoms with van der Waals surface area (Å²) in [5.74, 6) is 9.65. The largest absolute Gasteiger partial charge is 0.504 e. The topological polar surface area (TPSA) is 202 Å². The summed E-state index contributed by atoms with van der Waals surface area (Å²) in [5, 5.41) is 61.5. The van der Waals surface area contributed by atoms with Crippen molar-refractivity contribution in [3.8, 4) is 23.3 Å². The number of aromatic amines is 1. The number of ether oxygens (including phenoxy) is 1. The Morgan fingerprint density at radius 1 is 0.959 bits per heavy atom. The quantitative estimate of drug-likeness (QED) is 0.0607. The minimum Gasteiger partial charge on any atom is -0.504 e. The monoisotopic (exact) mass is 990 g/mol. The van der Waals surface area contributed by atoms with Crippen molar-refractivity contribution < 1.29 is 34.8 Å². The zero-order valence-electron chi connectivity index (χ0n) is 42.7. The molecular formula is C61H75N5O7. The van der Waals surface area contributed by atoms with Gasteiger partial charge in [0.2, 0.25) is 0 Å². The molecule has 3 aromatic carbocycles. The number of phenols is 1. The van der Waals surface area contributed by atoms with Crippen LogP contribution in [0.4, 0.5) is 0 Å². The molecule has 15 atom stereocenters. The molecule has 1 spiro atoms. The zero-order valence-corrected chi connectivity index (χ0v) is 42.7. The van der Waals surface area contributed by atoms with Crippen LogP contribution in [0.1, 0.15) is 130 Å². The van der Waals surface area contributed by atoms with Crippen molar-refractivity contribution in [2.75, 3.05) is 33.3 Å². The minimum atomic E-state index is -1.31. The lowest BCUT2D eigenvalue weighted by Gasteiger charge is -2.61. The van der Waals surface area contributed by atoms with Crippen molar-refractivity contribution in [2.45, 2.75) is 133 Å². The van der Waals surface area contributed by atoms with E-state index in [9.17, 15) is 30.0 Å². The summed E-state index contributed by atoms with van der Waals surface area (Å²) in [6, 6.07) is 20.4. The van der Waals surface area contributed by atoms with Crippen LogP contribution in [-0.4, -0.2) is 94.6 Å². The molecule has 12 heteroatoms. The number of H-pyrrole nitrogens is 1. The van der Waals surface area contributed by atoms with Crippen molar-refractivity contribution in [1.82, 2.24) is 20.9 Å². The van der Waals surface area contributed by atoms with Crippen LogP contribution >= 0.6 is 0 Å². The number of dihydropyridines is 1. The molecule has 4 fully saturated rings. The molecule has 3 saturated carbocycles. The maximum absolute atomic E-state index is 14.9. The van der Waals surface area contributed by atoms with Gasteiger partial charge in [-0.25, -0.2) is 0 Å². The van der Waals surface area contributed by atoms with Crippen LogP contribution in [0.3, 0.4) is 0 Å². The van der Waals surface area contributed by atoms with Crippen molar-refractivity contribution in [2.24, 2.45) is 46.7 Å². The number of carbonyl (C=O) groups is 2. The Morgan fingerprint density at radius 2 is 1.79 bits per heavy atom. The number of fused-ring (bicyclic) bond motifs is 5. The van der Waals surface area contributed by atoms with Gasteiger partial charge in [-0.2, -0.15) is 0 Å². The molecule has 3 heterocycles. The molecule has 10 N–H and O–H groups in total. The number of aliphatic hydroxyl groups excluding tert-OH is 3. The lowest BCUT2D eigenvalue weighted by molar-refractivity contribution is -0.137. The van der Waals surface area contributed by atoms with Gasteiger partial charge in [0.25, 0.3) is 0 Å². The third-order valence-corrected chi connectivity index (χ3v) is 19.2. The highest BCUT2D eigenvalue weighted by atomic mass is 16.5. The molecule has 12 nitrogen and oxygen atoms in total. The van der Waals surface area contributed by atoms with E-state index < -0.39 is 29.6 Å². The number of Topliss-reactive ketones (excluding diaryl/α,β-unsaturated/α-hetero) is 2. The number of hydrogen-bond donors (Lipinski definition) is 9. The number of methoxy groups -OCH3 is 1. The third-order valence-electron chi connectivity index (χ3n) is 19.2. The molecular weight excluding hydrogens is 915 g/mol. The summed E-state index contributed by atoms with van der Waals surface area (Å²) in [6.07, 6.45) is 6.03. The first-order valence-electron chi connectivity index (χ1n) is 27.4. The molecule has 2 aliphatic heterocycles. The number of benzene rings is 3.